The molecule has 0 aromatic heterocycles. The number of rotatable bonds is 2. The van der Waals surface area contributed by atoms with Crippen molar-refractivity contribution in [3.05, 3.63) is 34.3 Å². The third-order valence-corrected chi connectivity index (χ3v) is 4.55. The second-order valence-corrected chi connectivity index (χ2v) is 5.63. The second kappa shape index (κ2) is 4.77. The number of aliphatic hydroxyl groups excluding tert-OH is 1. The Labute approximate surface area is 99.8 Å². The van der Waals surface area contributed by atoms with Gasteiger partial charge in [-0.2, -0.15) is 11.8 Å². The van der Waals surface area contributed by atoms with Crippen molar-refractivity contribution in [2.24, 2.45) is 5.92 Å². The van der Waals surface area contributed by atoms with E-state index in [0.717, 1.165) is 28.5 Å². The molecule has 1 saturated heterocycles. The SMILES string of the molecule is Cc1cc(CC2CSCC2O)ccc1Cl. The molecule has 2 unspecified atom stereocenters. The molecule has 1 nitrogen and oxygen atoms in total. The zero-order valence-electron chi connectivity index (χ0n) is 8.74. The number of hydrogen-bond acceptors (Lipinski definition) is 2. The van der Waals surface area contributed by atoms with Gasteiger partial charge in [0.25, 0.3) is 0 Å². The van der Waals surface area contributed by atoms with Crippen molar-refractivity contribution < 1.29 is 5.11 Å². The molecule has 82 valence electrons. The Kier molecular flexibility index (Phi) is 3.60. The molecule has 1 N–H and O–H groups in total. The molecule has 1 aliphatic heterocycles. The molecule has 2 atom stereocenters. The van der Waals surface area contributed by atoms with Gasteiger partial charge in [0.1, 0.15) is 0 Å². The van der Waals surface area contributed by atoms with Crippen molar-refractivity contribution in [2.75, 3.05) is 11.5 Å². The molecule has 1 fully saturated rings. The summed E-state index contributed by atoms with van der Waals surface area (Å²) >= 11 is 7.81. The Balaban J connectivity index is 2.07. The molecule has 1 heterocycles. The largest absolute Gasteiger partial charge is 0.392 e. The number of halogens is 1. The quantitative estimate of drug-likeness (QED) is 0.861. The van der Waals surface area contributed by atoms with Gasteiger partial charge in [0.2, 0.25) is 0 Å². The van der Waals surface area contributed by atoms with Gasteiger partial charge in [-0.1, -0.05) is 23.7 Å². The van der Waals surface area contributed by atoms with Crippen molar-refractivity contribution >= 4 is 23.4 Å². The summed E-state index contributed by atoms with van der Waals surface area (Å²) in [6, 6.07) is 6.13. The Morgan fingerprint density at radius 1 is 1.47 bits per heavy atom. The highest BCUT2D eigenvalue weighted by atomic mass is 35.5. The number of aliphatic hydroxyl groups is 1. The van der Waals surface area contributed by atoms with Gasteiger partial charge in [0.05, 0.1) is 6.10 Å². The molecule has 3 heteroatoms. The van der Waals surface area contributed by atoms with Crippen LogP contribution in [-0.4, -0.2) is 22.7 Å². The highest BCUT2D eigenvalue weighted by molar-refractivity contribution is 7.99. The molecule has 2 rings (SSSR count). The average molecular weight is 243 g/mol. The van der Waals surface area contributed by atoms with Crippen molar-refractivity contribution in [1.29, 1.82) is 0 Å². The normalized spacial score (nSPS) is 25.8. The van der Waals surface area contributed by atoms with Gasteiger partial charge in [-0.15, -0.1) is 0 Å². The maximum Gasteiger partial charge on any atom is 0.0669 e. The van der Waals surface area contributed by atoms with Crippen molar-refractivity contribution in [1.82, 2.24) is 0 Å². The van der Waals surface area contributed by atoms with Crippen LogP contribution in [-0.2, 0) is 6.42 Å². The van der Waals surface area contributed by atoms with E-state index in [1.165, 1.54) is 5.56 Å². The van der Waals surface area contributed by atoms with Crippen LogP contribution in [0, 0.1) is 12.8 Å². The van der Waals surface area contributed by atoms with Crippen LogP contribution in [0.15, 0.2) is 18.2 Å². The van der Waals surface area contributed by atoms with Gasteiger partial charge in [-0.25, -0.2) is 0 Å². The lowest BCUT2D eigenvalue weighted by atomic mass is 9.96. The van der Waals surface area contributed by atoms with Crippen molar-refractivity contribution in [3.63, 3.8) is 0 Å². The van der Waals surface area contributed by atoms with Crippen LogP contribution in [0.2, 0.25) is 5.02 Å². The fourth-order valence-electron chi connectivity index (χ4n) is 1.92. The number of thioether (sulfide) groups is 1. The zero-order valence-corrected chi connectivity index (χ0v) is 10.3. The molecule has 15 heavy (non-hydrogen) atoms. The molecule has 1 aliphatic rings. The maximum atomic E-state index is 9.73. The molecule has 0 spiro atoms. The van der Waals surface area contributed by atoms with Crippen LogP contribution in [0.3, 0.4) is 0 Å². The van der Waals surface area contributed by atoms with Gasteiger partial charge >= 0.3 is 0 Å². The Hall–Kier alpha value is -0.180. The molecule has 0 radical (unpaired) electrons. The molecule has 0 amide bonds. The second-order valence-electron chi connectivity index (χ2n) is 4.15. The minimum Gasteiger partial charge on any atom is -0.392 e. The van der Waals surface area contributed by atoms with E-state index in [0.29, 0.717) is 5.92 Å². The molecular formula is C12H15ClOS. The highest BCUT2D eigenvalue weighted by Gasteiger charge is 2.25. The minimum atomic E-state index is -0.133. The van der Waals surface area contributed by atoms with Crippen LogP contribution in [0.25, 0.3) is 0 Å². The Morgan fingerprint density at radius 3 is 2.87 bits per heavy atom. The summed E-state index contributed by atoms with van der Waals surface area (Å²) < 4.78 is 0. The van der Waals surface area contributed by atoms with Crippen LogP contribution in [0.1, 0.15) is 11.1 Å². The monoisotopic (exact) mass is 242 g/mol. The third kappa shape index (κ3) is 2.68. The summed E-state index contributed by atoms with van der Waals surface area (Å²) in [4.78, 5) is 0. The van der Waals surface area contributed by atoms with Crippen LogP contribution in [0.4, 0.5) is 0 Å². The summed E-state index contributed by atoms with van der Waals surface area (Å²) in [6.07, 6.45) is 0.831. The van der Waals surface area contributed by atoms with Gasteiger partial charge in [0, 0.05) is 10.8 Å². The lowest BCUT2D eigenvalue weighted by Crippen LogP contribution is -2.19. The summed E-state index contributed by atoms with van der Waals surface area (Å²) in [5.74, 6) is 2.37. The van der Waals surface area contributed by atoms with E-state index in [2.05, 4.69) is 12.1 Å². The topological polar surface area (TPSA) is 20.2 Å². The first kappa shape index (κ1) is 11.3. The van der Waals surface area contributed by atoms with E-state index in [4.69, 9.17) is 11.6 Å². The third-order valence-electron chi connectivity index (χ3n) is 2.88. The number of aryl methyl sites for hydroxylation is 1. The minimum absolute atomic E-state index is 0.133. The predicted molar refractivity (Wildman–Crippen MR) is 66.7 cm³/mol. The van der Waals surface area contributed by atoms with E-state index in [1.54, 1.807) is 0 Å². The average Bonchev–Trinajstić information content (AvgIpc) is 2.59. The van der Waals surface area contributed by atoms with E-state index in [9.17, 15) is 5.11 Å². The van der Waals surface area contributed by atoms with Crippen LogP contribution >= 0.6 is 23.4 Å². The van der Waals surface area contributed by atoms with E-state index in [1.807, 2.05) is 24.8 Å². The molecule has 1 aromatic rings. The Morgan fingerprint density at radius 2 is 2.27 bits per heavy atom. The van der Waals surface area contributed by atoms with Gasteiger partial charge in [-0.05, 0) is 42.2 Å². The van der Waals surface area contributed by atoms with Crippen LogP contribution in [0.5, 0.6) is 0 Å². The van der Waals surface area contributed by atoms with Gasteiger partial charge in [-0.3, -0.25) is 0 Å². The molecule has 0 bridgehead atoms. The summed E-state index contributed by atoms with van der Waals surface area (Å²) in [5, 5.41) is 10.5. The fourth-order valence-corrected chi connectivity index (χ4v) is 3.33. The predicted octanol–water partition coefficient (Wildman–Crippen LogP) is 2.91. The number of hydrogen-bond donors (Lipinski definition) is 1. The standard InChI is InChI=1S/C12H15ClOS/c1-8-4-9(2-3-11(8)13)5-10-6-15-7-12(10)14/h2-4,10,12,14H,5-7H2,1H3. The van der Waals surface area contributed by atoms with E-state index >= 15 is 0 Å². The zero-order chi connectivity index (χ0) is 10.8. The first-order valence-electron chi connectivity index (χ1n) is 5.17. The van der Waals surface area contributed by atoms with E-state index < -0.39 is 0 Å². The summed E-state index contributed by atoms with van der Waals surface area (Å²) in [6.45, 7) is 2.02. The van der Waals surface area contributed by atoms with Crippen LogP contribution < -0.4 is 0 Å². The smallest absolute Gasteiger partial charge is 0.0669 e. The first-order chi connectivity index (χ1) is 7.16. The van der Waals surface area contributed by atoms with Crippen molar-refractivity contribution in [2.45, 2.75) is 19.4 Å². The number of benzene rings is 1. The van der Waals surface area contributed by atoms with Crippen molar-refractivity contribution in [3.8, 4) is 0 Å². The molecule has 0 aliphatic carbocycles. The summed E-state index contributed by atoms with van der Waals surface area (Å²) in [5.41, 5.74) is 2.40. The van der Waals surface area contributed by atoms with Gasteiger partial charge < -0.3 is 5.11 Å². The molecule has 1 aromatic carbocycles. The molecular weight excluding hydrogens is 228 g/mol. The maximum absolute atomic E-state index is 9.73. The lowest BCUT2D eigenvalue weighted by molar-refractivity contribution is 0.150. The molecule has 0 saturated carbocycles. The highest BCUT2D eigenvalue weighted by Crippen LogP contribution is 2.28. The Bertz CT molecular complexity index is 353. The summed E-state index contributed by atoms with van der Waals surface area (Å²) in [7, 11) is 0. The van der Waals surface area contributed by atoms with Gasteiger partial charge in [0.15, 0.2) is 0 Å². The fraction of sp³-hybridized carbons (Fsp3) is 0.500. The van der Waals surface area contributed by atoms with E-state index in [-0.39, 0.29) is 6.10 Å². The lowest BCUT2D eigenvalue weighted by Gasteiger charge is -2.13. The first-order valence-corrected chi connectivity index (χ1v) is 6.71.